The van der Waals surface area contributed by atoms with E-state index >= 15 is 0 Å². The van der Waals surface area contributed by atoms with Crippen molar-refractivity contribution in [1.29, 1.82) is 0 Å². The van der Waals surface area contributed by atoms with Crippen LogP contribution in [0.4, 0.5) is 0 Å². The van der Waals surface area contributed by atoms with Crippen LogP contribution in [0.5, 0.6) is 0 Å². The van der Waals surface area contributed by atoms with Crippen molar-refractivity contribution in [3.8, 4) is 0 Å². The van der Waals surface area contributed by atoms with Crippen LogP contribution < -0.4 is 10.6 Å². The number of carboxylic acids is 1. The fourth-order valence-electron chi connectivity index (χ4n) is 3.56. The Morgan fingerprint density at radius 2 is 1.30 bits per heavy atom. The van der Waals surface area contributed by atoms with E-state index in [9.17, 15) is 19.2 Å². The Hall–Kier alpha value is -1.96. The highest BCUT2D eigenvalue weighted by molar-refractivity contribution is 5.80. The molecule has 0 heterocycles. The molecule has 3 N–H and O–H groups in total. The Labute approximate surface area is 199 Å². The van der Waals surface area contributed by atoms with Crippen LogP contribution in [0.15, 0.2) is 0 Å². The zero-order valence-electron chi connectivity index (χ0n) is 20.6. The summed E-state index contributed by atoms with van der Waals surface area (Å²) in [5.74, 6) is -0.981. The third-order valence-corrected chi connectivity index (χ3v) is 5.51. The normalized spacial score (nSPS) is 11.7. The molecule has 1 atom stereocenters. The van der Waals surface area contributed by atoms with Crippen molar-refractivity contribution in [1.82, 2.24) is 10.6 Å². The van der Waals surface area contributed by atoms with Gasteiger partial charge in [-0.05, 0) is 26.2 Å². The van der Waals surface area contributed by atoms with Crippen molar-refractivity contribution < 1.29 is 29.0 Å². The molecule has 0 fully saturated rings. The van der Waals surface area contributed by atoms with Crippen LogP contribution in [0.25, 0.3) is 0 Å². The largest absolute Gasteiger partial charge is 0.481 e. The van der Waals surface area contributed by atoms with Gasteiger partial charge < -0.3 is 25.3 Å². The lowest BCUT2D eigenvalue weighted by Crippen LogP contribution is -2.37. The van der Waals surface area contributed by atoms with Crippen molar-refractivity contribution in [3.05, 3.63) is 0 Å². The van der Waals surface area contributed by atoms with E-state index in [1.807, 2.05) is 6.92 Å². The van der Waals surface area contributed by atoms with Crippen LogP contribution in [0.3, 0.4) is 0 Å². The summed E-state index contributed by atoms with van der Waals surface area (Å²) in [6.07, 6.45) is 15.0. The van der Waals surface area contributed by atoms with Crippen molar-refractivity contribution >= 4 is 24.1 Å². The summed E-state index contributed by atoms with van der Waals surface area (Å²) in [5.41, 5.74) is 0. The van der Waals surface area contributed by atoms with Crippen molar-refractivity contribution in [3.63, 3.8) is 0 Å². The molecular formula is C25H46N2O6. The van der Waals surface area contributed by atoms with Gasteiger partial charge in [0.05, 0.1) is 12.6 Å². The SMILES string of the molecule is CCOCCNC(=O)CCC(C=O)NC(=O)CCCCCCCCCCCCCCC(=O)O. The van der Waals surface area contributed by atoms with E-state index in [-0.39, 0.29) is 24.7 Å². The Balaban J connectivity index is 3.53. The fraction of sp³-hybridized carbons (Fsp3) is 0.840. The number of hydrogen-bond donors (Lipinski definition) is 3. The molecule has 0 spiro atoms. The number of nitrogens with one attached hydrogen (secondary N) is 2. The highest BCUT2D eigenvalue weighted by atomic mass is 16.5. The number of carbonyl (C=O) groups excluding carboxylic acids is 3. The van der Waals surface area contributed by atoms with Gasteiger partial charge >= 0.3 is 5.97 Å². The first-order chi connectivity index (χ1) is 16.0. The Morgan fingerprint density at radius 1 is 0.788 bits per heavy atom. The highest BCUT2D eigenvalue weighted by Crippen LogP contribution is 2.13. The Kier molecular flexibility index (Phi) is 21.8. The van der Waals surface area contributed by atoms with Crippen LogP contribution in [-0.2, 0) is 23.9 Å². The quantitative estimate of drug-likeness (QED) is 0.144. The summed E-state index contributed by atoms with van der Waals surface area (Å²) in [7, 11) is 0. The van der Waals surface area contributed by atoms with Crippen LogP contribution >= 0.6 is 0 Å². The number of carboxylic acid groups (broad SMARTS) is 1. The minimum Gasteiger partial charge on any atom is -0.481 e. The van der Waals surface area contributed by atoms with Crippen LogP contribution in [0.2, 0.25) is 0 Å². The molecule has 1 unspecified atom stereocenters. The molecule has 0 aromatic heterocycles. The molecule has 0 saturated heterocycles. The molecule has 0 aliphatic carbocycles. The van der Waals surface area contributed by atoms with Crippen LogP contribution in [0.1, 0.15) is 110 Å². The van der Waals surface area contributed by atoms with E-state index in [4.69, 9.17) is 9.84 Å². The van der Waals surface area contributed by atoms with Gasteiger partial charge in [0, 0.05) is 32.4 Å². The minimum atomic E-state index is -0.702. The smallest absolute Gasteiger partial charge is 0.303 e. The predicted octanol–water partition coefficient (Wildman–Crippen LogP) is 4.15. The molecule has 2 amide bonds. The summed E-state index contributed by atoms with van der Waals surface area (Å²) >= 11 is 0. The first kappa shape index (κ1) is 31.0. The summed E-state index contributed by atoms with van der Waals surface area (Å²) < 4.78 is 5.15. The van der Waals surface area contributed by atoms with Gasteiger partial charge in [0.25, 0.3) is 0 Å². The maximum atomic E-state index is 12.0. The van der Waals surface area contributed by atoms with E-state index < -0.39 is 12.0 Å². The summed E-state index contributed by atoms with van der Waals surface area (Å²) in [6.45, 7) is 3.41. The van der Waals surface area contributed by atoms with Gasteiger partial charge in [0.1, 0.15) is 6.29 Å². The molecule has 0 bridgehead atoms. The molecule has 0 saturated carbocycles. The lowest BCUT2D eigenvalue weighted by Gasteiger charge is -2.13. The van der Waals surface area contributed by atoms with Gasteiger partial charge in [-0.1, -0.05) is 64.2 Å². The summed E-state index contributed by atoms with van der Waals surface area (Å²) in [5, 5.41) is 14.0. The third-order valence-electron chi connectivity index (χ3n) is 5.51. The van der Waals surface area contributed by atoms with Gasteiger partial charge in [-0.15, -0.1) is 0 Å². The van der Waals surface area contributed by atoms with Gasteiger partial charge in [-0.25, -0.2) is 0 Å². The van der Waals surface area contributed by atoms with Gasteiger partial charge in [-0.3, -0.25) is 14.4 Å². The zero-order chi connectivity index (χ0) is 24.6. The van der Waals surface area contributed by atoms with E-state index in [0.29, 0.717) is 38.9 Å². The first-order valence-electron chi connectivity index (χ1n) is 12.8. The summed E-state index contributed by atoms with van der Waals surface area (Å²) in [6, 6.07) is -0.618. The first-order valence-corrected chi connectivity index (χ1v) is 12.8. The number of rotatable bonds is 24. The fourth-order valence-corrected chi connectivity index (χ4v) is 3.56. The Bertz CT molecular complexity index is 527. The number of unbranched alkanes of at least 4 members (excludes halogenated alkanes) is 11. The number of aliphatic carboxylic acids is 1. The van der Waals surface area contributed by atoms with Crippen molar-refractivity contribution in [2.24, 2.45) is 0 Å². The number of amides is 2. The maximum absolute atomic E-state index is 12.0. The van der Waals surface area contributed by atoms with Crippen LogP contribution in [0, 0.1) is 0 Å². The molecule has 0 aliphatic heterocycles. The predicted molar refractivity (Wildman–Crippen MR) is 129 cm³/mol. The molecule has 0 aromatic rings. The molecule has 0 aromatic carbocycles. The zero-order valence-corrected chi connectivity index (χ0v) is 20.6. The molecule has 0 radical (unpaired) electrons. The van der Waals surface area contributed by atoms with Crippen LogP contribution in [-0.4, -0.2) is 55.0 Å². The molecule has 8 heteroatoms. The van der Waals surface area contributed by atoms with Gasteiger partial charge in [0.2, 0.25) is 11.8 Å². The lowest BCUT2D eigenvalue weighted by atomic mass is 10.0. The topological polar surface area (TPSA) is 122 Å². The van der Waals surface area contributed by atoms with Crippen molar-refractivity contribution in [2.75, 3.05) is 19.8 Å². The highest BCUT2D eigenvalue weighted by Gasteiger charge is 2.13. The number of carbonyl (C=O) groups is 4. The Morgan fingerprint density at radius 3 is 1.79 bits per heavy atom. The average Bonchev–Trinajstić information content (AvgIpc) is 2.79. The number of hydrogen-bond acceptors (Lipinski definition) is 5. The monoisotopic (exact) mass is 470 g/mol. The second kappa shape index (κ2) is 23.2. The maximum Gasteiger partial charge on any atom is 0.303 e. The standard InChI is InChI=1S/C25H46N2O6/c1-2-33-20-19-26-23(29)18-17-22(21-28)27-24(30)15-13-11-9-7-5-3-4-6-8-10-12-14-16-25(31)32/h21-22H,2-20H2,1H3,(H,26,29)(H,27,30)(H,31,32). The molecule has 192 valence electrons. The number of aldehydes is 1. The average molecular weight is 471 g/mol. The second-order valence-corrected chi connectivity index (χ2v) is 8.53. The van der Waals surface area contributed by atoms with Gasteiger partial charge in [-0.2, -0.15) is 0 Å². The lowest BCUT2D eigenvalue weighted by molar-refractivity contribution is -0.137. The third kappa shape index (κ3) is 23.0. The number of ether oxygens (including phenoxy) is 1. The molecule has 0 aliphatic rings. The molecule has 8 nitrogen and oxygen atoms in total. The molecule has 33 heavy (non-hydrogen) atoms. The van der Waals surface area contributed by atoms with Gasteiger partial charge in [0.15, 0.2) is 0 Å². The second-order valence-electron chi connectivity index (χ2n) is 8.53. The van der Waals surface area contributed by atoms with Crippen molar-refractivity contribution in [2.45, 2.75) is 116 Å². The van der Waals surface area contributed by atoms with E-state index in [1.165, 1.54) is 38.5 Å². The summed E-state index contributed by atoms with van der Waals surface area (Å²) in [4.78, 5) is 45.4. The molecule has 0 rings (SSSR count). The molecular weight excluding hydrogens is 424 g/mol. The van der Waals surface area contributed by atoms with E-state index in [1.54, 1.807) is 0 Å². The van der Waals surface area contributed by atoms with E-state index in [0.717, 1.165) is 38.5 Å². The minimum absolute atomic E-state index is 0.132. The van der Waals surface area contributed by atoms with E-state index in [2.05, 4.69) is 10.6 Å².